The lowest BCUT2D eigenvalue weighted by Gasteiger charge is -2.20. The lowest BCUT2D eigenvalue weighted by Crippen LogP contribution is -2.28. The van der Waals surface area contributed by atoms with Crippen LogP contribution in [0.5, 0.6) is 0 Å². The molecule has 0 bridgehead atoms. The van der Waals surface area contributed by atoms with Crippen molar-refractivity contribution < 1.29 is 43.0 Å². The Balaban J connectivity index is 4.13. The van der Waals surface area contributed by atoms with Gasteiger partial charge in [0.1, 0.15) is 12.7 Å². The van der Waals surface area contributed by atoms with E-state index in [1.165, 1.54) is 173 Å². The number of carbonyl (C=O) groups excluding carboxylic acids is 1. The molecule has 0 amide bonds. The minimum atomic E-state index is -4.53. The van der Waals surface area contributed by atoms with Crippen LogP contribution >= 0.6 is 7.82 Å². The smallest absolute Gasteiger partial charge is 0.472 e. The van der Waals surface area contributed by atoms with E-state index in [0.717, 1.165) is 32.1 Å². The predicted octanol–water partition coefficient (Wildman–Crippen LogP) is 12.8. The quantitative estimate of drug-likeness (QED) is 0.0239. The van der Waals surface area contributed by atoms with Crippen LogP contribution in [0.2, 0.25) is 0 Å². The molecule has 0 aromatic carbocycles. The number of carbonyl (C=O) groups is 1. The van der Waals surface area contributed by atoms with Gasteiger partial charge in [0.2, 0.25) is 0 Å². The third-order valence-electron chi connectivity index (χ3n) is 10.0. The Labute approximate surface area is 332 Å². The molecule has 1 unspecified atom stereocenters. The molecule has 10 heteroatoms. The fraction of sp³-hybridized carbons (Fsp3) is 0.932. The van der Waals surface area contributed by atoms with Gasteiger partial charge < -0.3 is 24.6 Å². The van der Waals surface area contributed by atoms with E-state index in [-0.39, 0.29) is 13.0 Å². The van der Waals surface area contributed by atoms with E-state index in [4.69, 9.17) is 23.6 Å². The summed E-state index contributed by atoms with van der Waals surface area (Å²) < 4.78 is 33.1. The van der Waals surface area contributed by atoms with Crippen LogP contribution in [-0.2, 0) is 27.9 Å². The molecule has 3 atom stereocenters. The number of aliphatic hydroxyl groups excluding tert-OH is 2. The van der Waals surface area contributed by atoms with Crippen molar-refractivity contribution in [2.75, 3.05) is 26.4 Å². The second-order valence-corrected chi connectivity index (χ2v) is 17.0. The number of aliphatic hydroxyl groups is 2. The third-order valence-corrected chi connectivity index (χ3v) is 11.0. The standard InChI is InChI=1S/C44H87O9P/c1-3-5-7-9-11-13-15-17-19-20-21-22-23-24-26-28-30-32-34-36-44(47)53-43(41-52-54(48,49)51-39-42(46)38-45)40-50-37-35-33-31-29-27-25-18-16-14-12-10-8-6-4-2/h35,37,42-43,45-46H,3-34,36,38-41H2,1-2H3,(H,48,49)/b37-35-/t42-,43+/m0/s1. The first-order chi connectivity index (χ1) is 26.3. The topological polar surface area (TPSA) is 132 Å². The van der Waals surface area contributed by atoms with Crippen LogP contribution in [0.3, 0.4) is 0 Å². The second kappa shape index (κ2) is 41.7. The Morgan fingerprint density at radius 3 is 1.33 bits per heavy atom. The van der Waals surface area contributed by atoms with Gasteiger partial charge in [0.05, 0.1) is 26.1 Å². The highest BCUT2D eigenvalue weighted by Crippen LogP contribution is 2.43. The van der Waals surface area contributed by atoms with E-state index < -0.39 is 45.8 Å². The molecular weight excluding hydrogens is 703 g/mol. The molecular formula is C44H87O9P. The zero-order valence-corrected chi connectivity index (χ0v) is 36.1. The lowest BCUT2D eigenvalue weighted by atomic mass is 10.0. The molecule has 322 valence electrons. The van der Waals surface area contributed by atoms with Crippen molar-refractivity contribution in [3.63, 3.8) is 0 Å². The van der Waals surface area contributed by atoms with Crippen LogP contribution in [0.4, 0.5) is 0 Å². The van der Waals surface area contributed by atoms with Gasteiger partial charge in [-0.15, -0.1) is 0 Å². The molecule has 0 aliphatic carbocycles. The summed E-state index contributed by atoms with van der Waals surface area (Å²) >= 11 is 0. The van der Waals surface area contributed by atoms with Gasteiger partial charge in [0.25, 0.3) is 0 Å². The number of rotatable bonds is 44. The van der Waals surface area contributed by atoms with E-state index in [1.807, 2.05) is 6.08 Å². The van der Waals surface area contributed by atoms with Gasteiger partial charge in [-0.2, -0.15) is 0 Å². The van der Waals surface area contributed by atoms with E-state index in [0.29, 0.717) is 0 Å². The number of hydrogen-bond acceptors (Lipinski definition) is 8. The number of unbranched alkanes of at least 4 members (excludes halogenated alkanes) is 30. The zero-order valence-electron chi connectivity index (χ0n) is 35.2. The average Bonchev–Trinajstić information content (AvgIpc) is 3.16. The van der Waals surface area contributed by atoms with Crippen molar-refractivity contribution >= 4 is 13.8 Å². The van der Waals surface area contributed by atoms with Crippen molar-refractivity contribution in [1.29, 1.82) is 0 Å². The van der Waals surface area contributed by atoms with Crippen LogP contribution in [0.1, 0.15) is 226 Å². The van der Waals surface area contributed by atoms with Crippen LogP contribution in [0, 0.1) is 0 Å². The molecule has 3 N–H and O–H groups in total. The highest BCUT2D eigenvalue weighted by atomic mass is 31.2. The Hall–Kier alpha value is -0.960. The normalized spacial score (nSPS) is 14.0. The van der Waals surface area contributed by atoms with Gasteiger partial charge in [-0.3, -0.25) is 13.8 Å². The number of phosphoric ester groups is 1. The highest BCUT2D eigenvalue weighted by Gasteiger charge is 2.26. The number of esters is 1. The minimum absolute atomic E-state index is 0.0286. The zero-order chi connectivity index (χ0) is 39.6. The van der Waals surface area contributed by atoms with Gasteiger partial charge in [-0.05, 0) is 25.3 Å². The highest BCUT2D eigenvalue weighted by molar-refractivity contribution is 7.47. The maximum absolute atomic E-state index is 12.6. The molecule has 0 fully saturated rings. The summed E-state index contributed by atoms with van der Waals surface area (Å²) in [5, 5.41) is 18.3. The maximum Gasteiger partial charge on any atom is 0.472 e. The molecule has 0 aromatic heterocycles. The molecule has 54 heavy (non-hydrogen) atoms. The van der Waals surface area contributed by atoms with Crippen LogP contribution in [0.25, 0.3) is 0 Å². The van der Waals surface area contributed by atoms with Gasteiger partial charge in [0, 0.05) is 6.42 Å². The van der Waals surface area contributed by atoms with Gasteiger partial charge in [0.15, 0.2) is 6.10 Å². The first-order valence-corrected chi connectivity index (χ1v) is 24.2. The third kappa shape index (κ3) is 40.7. The second-order valence-electron chi connectivity index (χ2n) is 15.5. The van der Waals surface area contributed by atoms with Crippen molar-refractivity contribution in [3.05, 3.63) is 12.3 Å². The first-order valence-electron chi connectivity index (χ1n) is 22.7. The first kappa shape index (κ1) is 53.0. The minimum Gasteiger partial charge on any atom is -0.498 e. The average molecular weight is 791 g/mol. The fourth-order valence-electron chi connectivity index (χ4n) is 6.56. The van der Waals surface area contributed by atoms with E-state index in [1.54, 1.807) is 6.26 Å². The van der Waals surface area contributed by atoms with E-state index in [9.17, 15) is 19.4 Å². The van der Waals surface area contributed by atoms with Crippen LogP contribution < -0.4 is 0 Å². The Bertz CT molecular complexity index is 856. The number of phosphoric acid groups is 1. The predicted molar refractivity (Wildman–Crippen MR) is 224 cm³/mol. The fourth-order valence-corrected chi connectivity index (χ4v) is 7.35. The molecule has 0 aromatic rings. The molecule has 0 spiro atoms. The molecule has 0 rings (SSSR count). The molecule has 9 nitrogen and oxygen atoms in total. The summed E-state index contributed by atoms with van der Waals surface area (Å²) in [4.78, 5) is 22.6. The van der Waals surface area contributed by atoms with Crippen molar-refractivity contribution in [1.82, 2.24) is 0 Å². The van der Waals surface area contributed by atoms with Gasteiger partial charge >= 0.3 is 13.8 Å². The summed E-state index contributed by atoms with van der Waals surface area (Å²) in [5.74, 6) is -0.399. The molecule has 0 saturated heterocycles. The summed E-state index contributed by atoms with van der Waals surface area (Å²) in [6, 6.07) is 0. The summed E-state index contributed by atoms with van der Waals surface area (Å²) in [6.45, 7) is 2.92. The SMILES string of the molecule is CCCCCCCCCCCCCC/C=C\OC[C@H](COP(=O)(O)OC[C@@H](O)CO)OC(=O)CCCCCCCCCCCCCCCCCCCCC. The number of ether oxygens (including phenoxy) is 2. The van der Waals surface area contributed by atoms with Crippen LogP contribution in [0.15, 0.2) is 12.3 Å². The Kier molecular flexibility index (Phi) is 40.9. The van der Waals surface area contributed by atoms with Gasteiger partial charge in [-0.1, -0.05) is 200 Å². The Morgan fingerprint density at radius 2 is 0.926 bits per heavy atom. The van der Waals surface area contributed by atoms with Gasteiger partial charge in [-0.25, -0.2) is 4.57 Å². The lowest BCUT2D eigenvalue weighted by molar-refractivity contribution is -0.153. The number of hydrogen-bond donors (Lipinski definition) is 3. The maximum atomic E-state index is 12.6. The van der Waals surface area contributed by atoms with Crippen LogP contribution in [-0.4, -0.2) is 59.7 Å². The molecule has 0 aliphatic rings. The molecule has 0 aliphatic heterocycles. The van der Waals surface area contributed by atoms with E-state index >= 15 is 0 Å². The molecule has 0 radical (unpaired) electrons. The van der Waals surface area contributed by atoms with Crippen molar-refractivity contribution in [3.8, 4) is 0 Å². The largest absolute Gasteiger partial charge is 0.498 e. The van der Waals surface area contributed by atoms with E-state index in [2.05, 4.69) is 13.8 Å². The summed E-state index contributed by atoms with van der Waals surface area (Å²) in [7, 11) is -4.53. The molecule has 0 heterocycles. The molecule has 0 saturated carbocycles. The number of allylic oxidation sites excluding steroid dienone is 1. The van der Waals surface area contributed by atoms with Crippen molar-refractivity contribution in [2.24, 2.45) is 0 Å². The summed E-state index contributed by atoms with van der Waals surface area (Å²) in [5.41, 5.74) is 0. The monoisotopic (exact) mass is 791 g/mol. The Morgan fingerprint density at radius 1 is 0.556 bits per heavy atom. The van der Waals surface area contributed by atoms with Crippen molar-refractivity contribution in [2.45, 2.75) is 238 Å². The summed E-state index contributed by atoms with van der Waals surface area (Å²) in [6.07, 6.45) is 42.6.